The second-order valence-corrected chi connectivity index (χ2v) is 1.54. The van der Waals surface area contributed by atoms with E-state index in [1.165, 1.54) is 0 Å². The summed E-state index contributed by atoms with van der Waals surface area (Å²) in [5, 5.41) is 0. The molecule has 0 nitrogen and oxygen atoms in total. The molecule has 2 heteroatoms. The molecule has 0 unspecified atom stereocenters. The van der Waals surface area contributed by atoms with Crippen LogP contribution in [0, 0.1) is 0 Å². The molecular weight excluding hydrogens is 110 g/mol. The van der Waals surface area contributed by atoms with Gasteiger partial charge in [-0.2, -0.15) is 0 Å². The zero-order chi connectivity index (χ0) is 5.66. The van der Waals surface area contributed by atoms with E-state index >= 15 is 0 Å². The van der Waals surface area contributed by atoms with Gasteiger partial charge in [0, 0.05) is 0 Å². The fourth-order valence-electron chi connectivity index (χ4n) is 0.513. The monoisotopic (exact) mass is 118 g/mol. The maximum Gasteiger partial charge on any atom is 1.00 e. The maximum atomic E-state index is 2.00. The van der Waals surface area contributed by atoms with Crippen LogP contribution in [-0.4, -0.2) is 0 Å². The average molecular weight is 118 g/mol. The minimum Gasteiger partial charge on any atom is -0.280 e. The van der Waals surface area contributed by atoms with Gasteiger partial charge in [-0.1, -0.05) is 0 Å². The van der Waals surface area contributed by atoms with E-state index in [9.17, 15) is 0 Å². The van der Waals surface area contributed by atoms with Crippen molar-refractivity contribution in [1.82, 2.24) is 0 Å². The fourth-order valence-corrected chi connectivity index (χ4v) is 0.513. The van der Waals surface area contributed by atoms with Crippen LogP contribution in [0.1, 0.15) is 0 Å². The number of hydrogen-bond acceptors (Lipinski definition) is 0. The van der Waals surface area contributed by atoms with Crippen LogP contribution in [-0.2, 0) is 0 Å². The van der Waals surface area contributed by atoms with Crippen LogP contribution in [0.3, 0.4) is 0 Å². The van der Waals surface area contributed by atoms with E-state index in [1.807, 2.05) is 48.5 Å². The summed E-state index contributed by atoms with van der Waals surface area (Å²) in [5.41, 5.74) is 0. The van der Waals surface area contributed by atoms with Gasteiger partial charge in [0.15, 0.2) is 0 Å². The Morgan fingerprint density at radius 3 is 1.40 bits per heavy atom. The van der Waals surface area contributed by atoms with Crippen molar-refractivity contribution in [2.45, 2.75) is 0 Å². The van der Waals surface area contributed by atoms with E-state index in [-0.39, 0.29) is 37.7 Å². The summed E-state index contributed by atoms with van der Waals surface area (Å²) in [4.78, 5) is 0. The van der Waals surface area contributed by atoms with Crippen molar-refractivity contribution in [2.75, 3.05) is 0 Å². The molecule has 0 aliphatic carbocycles. The summed E-state index contributed by atoms with van der Waals surface area (Å²) in [6, 6.07) is 16.0. The third-order valence-corrected chi connectivity index (χ3v) is 0.889. The van der Waals surface area contributed by atoms with Crippen molar-refractivity contribution in [1.29, 1.82) is 0 Å². The quantitative estimate of drug-likeness (QED) is 0.242. The van der Waals surface area contributed by atoms with E-state index in [2.05, 4.69) is 0 Å². The zero-order valence-corrected chi connectivity index (χ0v) is 6.62. The van der Waals surface area contributed by atoms with Crippen LogP contribution < -0.4 is 37.7 Å². The van der Waals surface area contributed by atoms with Gasteiger partial charge < -0.3 is 0 Å². The van der Waals surface area contributed by atoms with Gasteiger partial charge in [-0.05, 0) is 0 Å². The zero-order valence-electron chi connectivity index (χ0n) is 6.62. The molecule has 0 spiro atoms. The first-order valence-corrected chi connectivity index (χ1v) is 2.67. The summed E-state index contributed by atoms with van der Waals surface area (Å²) in [6.07, 6.45) is 0. The molecule has 1 aromatic carbocycles. The third-order valence-electron chi connectivity index (χ3n) is 0.889. The Hall–Kier alpha value is 0.155. The van der Waals surface area contributed by atoms with Gasteiger partial charge in [0.2, 0.25) is 0 Å². The van der Waals surface area contributed by atoms with Gasteiger partial charge in [-0.15, -0.1) is 12.1 Å². The van der Waals surface area contributed by atoms with Crippen molar-refractivity contribution in [3.63, 3.8) is 0 Å². The third kappa shape index (κ3) is 6.28. The van der Waals surface area contributed by atoms with Crippen LogP contribution >= 0.6 is 0 Å². The number of rotatable bonds is 0. The first kappa shape index (κ1) is 12.8. The van der Waals surface area contributed by atoms with Crippen molar-refractivity contribution >= 4 is 0 Å². The Morgan fingerprint density at radius 2 is 1.00 bits per heavy atom. The largest absolute Gasteiger partial charge is 1.00 e. The summed E-state index contributed by atoms with van der Waals surface area (Å²) in [6.45, 7) is 0. The molecule has 0 bridgehead atoms. The molecule has 0 saturated heterocycles. The van der Waals surface area contributed by atoms with E-state index < -0.39 is 0 Å². The molecule has 0 heterocycles. The second kappa shape index (κ2) is 9.15. The maximum absolute atomic E-state index is 2.00. The van der Waals surface area contributed by atoms with Gasteiger partial charge in [0.1, 0.15) is 0 Å². The molecule has 0 amide bonds. The molecule has 1 rings (SSSR count). The molecule has 0 aromatic heterocycles. The molecule has 0 atom stereocenters. The Morgan fingerprint density at radius 1 is 0.600 bits per heavy atom. The predicted octanol–water partition coefficient (Wildman–Crippen LogP) is -3.74. The van der Waals surface area contributed by atoms with Crippen LogP contribution in [0.4, 0.5) is 0 Å². The topological polar surface area (TPSA) is 0 Å². The first-order chi connectivity index (χ1) is 4.00. The Balaban J connectivity index is 0. The van der Waals surface area contributed by atoms with Crippen molar-refractivity contribution in [3.05, 3.63) is 48.5 Å². The van der Waals surface area contributed by atoms with Gasteiger partial charge in [0.05, 0.1) is 0 Å². The Bertz CT molecular complexity index is 112. The van der Waals surface area contributed by atoms with Gasteiger partial charge in [-0.3, -0.25) is 24.3 Å². The van der Waals surface area contributed by atoms with E-state index in [0.29, 0.717) is 0 Å². The van der Waals surface area contributed by atoms with Crippen molar-refractivity contribution in [2.24, 2.45) is 0 Å². The minimum atomic E-state index is 0. The second-order valence-electron chi connectivity index (χ2n) is 1.54. The SMILES string of the molecule is [Li+].[Li+].c1ccc[cH-][cH-]cc1. The molecular formula is C8H8Li2. The van der Waals surface area contributed by atoms with E-state index in [0.717, 1.165) is 0 Å². The average Bonchev–Trinajstić information content (AvgIpc) is 1.62. The van der Waals surface area contributed by atoms with Gasteiger partial charge in [0.25, 0.3) is 0 Å². The van der Waals surface area contributed by atoms with Crippen LogP contribution in [0.2, 0.25) is 0 Å². The smallest absolute Gasteiger partial charge is 0.280 e. The molecule has 42 valence electrons. The van der Waals surface area contributed by atoms with Crippen LogP contribution in [0.25, 0.3) is 0 Å². The van der Waals surface area contributed by atoms with E-state index in [4.69, 9.17) is 0 Å². The molecule has 1 aromatic rings. The van der Waals surface area contributed by atoms with E-state index in [1.54, 1.807) is 0 Å². The van der Waals surface area contributed by atoms with Crippen LogP contribution in [0.5, 0.6) is 0 Å². The first-order valence-electron chi connectivity index (χ1n) is 2.67. The van der Waals surface area contributed by atoms with Crippen molar-refractivity contribution in [3.8, 4) is 0 Å². The van der Waals surface area contributed by atoms with Crippen molar-refractivity contribution < 1.29 is 37.7 Å². The molecule has 0 radical (unpaired) electrons. The molecule has 0 saturated carbocycles. The van der Waals surface area contributed by atoms with Crippen LogP contribution in [0.15, 0.2) is 48.5 Å². The predicted molar refractivity (Wildman–Crippen MR) is 35.3 cm³/mol. The fraction of sp³-hybridized carbons (Fsp3) is 0. The normalized spacial score (nSPS) is 6.40. The molecule has 0 aliphatic heterocycles. The molecule has 10 heavy (non-hydrogen) atoms. The summed E-state index contributed by atoms with van der Waals surface area (Å²) >= 11 is 0. The minimum absolute atomic E-state index is 0. The number of hydrogen-bond donors (Lipinski definition) is 0. The standard InChI is InChI=1S/C8H8.2Li/c1-2-4-6-8-7-5-3-1;;/h1-8H;;/q-2;2*+1. The summed E-state index contributed by atoms with van der Waals surface area (Å²) < 4.78 is 0. The molecule has 0 N–H and O–H groups in total. The van der Waals surface area contributed by atoms with Gasteiger partial charge >= 0.3 is 37.7 Å². The summed E-state index contributed by atoms with van der Waals surface area (Å²) in [7, 11) is 0. The molecule has 0 fully saturated rings. The summed E-state index contributed by atoms with van der Waals surface area (Å²) in [5.74, 6) is 0. The van der Waals surface area contributed by atoms with Gasteiger partial charge in [-0.25, -0.2) is 12.1 Å². The Kier molecular flexibility index (Phi) is 11.7. The molecule has 0 aliphatic rings. The Labute approximate surface area is 86.0 Å².